The molecule has 1 aromatic rings. The van der Waals surface area contributed by atoms with Crippen LogP contribution >= 0.6 is 11.6 Å². The molecule has 4 heteroatoms. The molecule has 3 nitrogen and oxygen atoms in total. The van der Waals surface area contributed by atoms with Crippen LogP contribution in [-0.2, 0) is 0 Å². The summed E-state index contributed by atoms with van der Waals surface area (Å²) in [4.78, 5) is 12.0. The Bertz CT molecular complexity index is 435. The van der Waals surface area contributed by atoms with E-state index in [9.17, 15) is 9.90 Å². The van der Waals surface area contributed by atoms with Crippen LogP contribution in [-0.4, -0.2) is 23.2 Å². The number of aryl methyl sites for hydroxylation is 1. The fourth-order valence-electron chi connectivity index (χ4n) is 2.19. The van der Waals surface area contributed by atoms with Gasteiger partial charge in [-0.25, -0.2) is 0 Å². The minimum atomic E-state index is -0.891. The first-order valence-electron chi connectivity index (χ1n) is 6.47. The van der Waals surface area contributed by atoms with Crippen molar-refractivity contribution in [2.45, 2.75) is 39.7 Å². The second-order valence-corrected chi connectivity index (χ2v) is 6.23. The van der Waals surface area contributed by atoms with Crippen LogP contribution in [0.2, 0.25) is 5.02 Å². The van der Waals surface area contributed by atoms with Crippen LogP contribution in [0.5, 0.6) is 0 Å². The second kappa shape index (κ2) is 6.40. The molecule has 0 bridgehead atoms. The summed E-state index contributed by atoms with van der Waals surface area (Å²) in [6, 6.07) is 5.20. The number of amides is 1. The van der Waals surface area contributed by atoms with Gasteiger partial charge in [-0.1, -0.05) is 25.4 Å². The van der Waals surface area contributed by atoms with Crippen molar-refractivity contribution in [1.82, 2.24) is 5.32 Å². The number of carbonyl (C=O) groups excluding carboxylic acids is 1. The van der Waals surface area contributed by atoms with Gasteiger partial charge in [0.25, 0.3) is 5.91 Å². The molecular formula is C15H22ClNO2. The van der Waals surface area contributed by atoms with Crippen molar-refractivity contribution >= 4 is 17.5 Å². The van der Waals surface area contributed by atoms with Gasteiger partial charge >= 0.3 is 0 Å². The number of carbonyl (C=O) groups is 1. The molecule has 1 rings (SSSR count). The molecule has 0 aromatic heterocycles. The summed E-state index contributed by atoms with van der Waals surface area (Å²) >= 11 is 5.92. The largest absolute Gasteiger partial charge is 0.388 e. The van der Waals surface area contributed by atoms with Crippen LogP contribution in [0.3, 0.4) is 0 Å². The van der Waals surface area contributed by atoms with E-state index in [2.05, 4.69) is 5.32 Å². The van der Waals surface area contributed by atoms with Crippen LogP contribution in [0.1, 0.15) is 43.1 Å². The van der Waals surface area contributed by atoms with Crippen LogP contribution in [0.25, 0.3) is 0 Å². The van der Waals surface area contributed by atoms with Crippen molar-refractivity contribution in [2.75, 3.05) is 6.54 Å². The number of rotatable bonds is 5. The van der Waals surface area contributed by atoms with Crippen LogP contribution < -0.4 is 5.32 Å². The van der Waals surface area contributed by atoms with E-state index < -0.39 is 5.60 Å². The smallest absolute Gasteiger partial charge is 0.251 e. The molecule has 0 heterocycles. The average molecular weight is 284 g/mol. The van der Waals surface area contributed by atoms with Crippen LogP contribution in [0.4, 0.5) is 0 Å². The molecule has 19 heavy (non-hydrogen) atoms. The van der Waals surface area contributed by atoms with Gasteiger partial charge in [0.15, 0.2) is 0 Å². The Morgan fingerprint density at radius 2 is 2.05 bits per heavy atom. The standard InChI is InChI=1S/C15H22ClNO2/c1-10(2)8-15(4,19)9-17-14(18)12-5-11(3)6-13(16)7-12/h5-7,10,19H,8-9H2,1-4H3,(H,17,18). The lowest BCUT2D eigenvalue weighted by atomic mass is 9.94. The van der Waals surface area contributed by atoms with E-state index in [1.54, 1.807) is 25.1 Å². The van der Waals surface area contributed by atoms with E-state index in [0.717, 1.165) is 5.56 Å². The highest BCUT2D eigenvalue weighted by Gasteiger charge is 2.22. The maximum atomic E-state index is 12.0. The lowest BCUT2D eigenvalue weighted by Gasteiger charge is -2.25. The summed E-state index contributed by atoms with van der Waals surface area (Å²) in [6.45, 7) is 7.93. The second-order valence-electron chi connectivity index (χ2n) is 5.79. The summed E-state index contributed by atoms with van der Waals surface area (Å²) in [5.74, 6) is 0.162. The Balaban J connectivity index is 2.65. The summed E-state index contributed by atoms with van der Waals surface area (Å²) in [5.41, 5.74) is 0.564. The maximum Gasteiger partial charge on any atom is 0.251 e. The summed E-state index contributed by atoms with van der Waals surface area (Å²) in [6.07, 6.45) is 0.641. The highest BCUT2D eigenvalue weighted by Crippen LogP contribution is 2.17. The fourth-order valence-corrected chi connectivity index (χ4v) is 2.48. The molecule has 0 radical (unpaired) electrons. The number of nitrogens with one attached hydrogen (secondary N) is 1. The van der Waals surface area contributed by atoms with Gasteiger partial charge in [-0.05, 0) is 49.9 Å². The number of aliphatic hydroxyl groups is 1. The predicted octanol–water partition coefficient (Wildman–Crippen LogP) is 3.18. The molecule has 0 fully saturated rings. The van der Waals surface area contributed by atoms with Crippen LogP contribution in [0, 0.1) is 12.8 Å². The topological polar surface area (TPSA) is 49.3 Å². The Morgan fingerprint density at radius 1 is 1.42 bits per heavy atom. The van der Waals surface area contributed by atoms with Gasteiger partial charge in [0.05, 0.1) is 5.60 Å². The van der Waals surface area contributed by atoms with Gasteiger partial charge in [-0.2, -0.15) is 0 Å². The van der Waals surface area contributed by atoms with Gasteiger partial charge in [0.1, 0.15) is 0 Å². The van der Waals surface area contributed by atoms with E-state index in [1.165, 1.54) is 0 Å². The molecule has 1 unspecified atom stereocenters. The highest BCUT2D eigenvalue weighted by atomic mass is 35.5. The van der Waals surface area contributed by atoms with Crippen molar-refractivity contribution in [3.05, 3.63) is 34.3 Å². The van der Waals surface area contributed by atoms with Crippen molar-refractivity contribution in [3.8, 4) is 0 Å². The van der Waals surface area contributed by atoms with Gasteiger partial charge in [0.2, 0.25) is 0 Å². The number of halogens is 1. The molecule has 0 spiro atoms. The van der Waals surface area contributed by atoms with Crippen LogP contribution in [0.15, 0.2) is 18.2 Å². The monoisotopic (exact) mass is 283 g/mol. The SMILES string of the molecule is Cc1cc(Cl)cc(C(=O)NCC(C)(O)CC(C)C)c1. The van der Waals surface area contributed by atoms with E-state index in [4.69, 9.17) is 11.6 Å². The molecule has 0 aliphatic carbocycles. The molecule has 1 atom stereocenters. The molecule has 1 amide bonds. The Kier molecular flexibility index (Phi) is 5.39. The molecule has 0 saturated carbocycles. The minimum Gasteiger partial charge on any atom is -0.388 e. The average Bonchev–Trinajstić information content (AvgIpc) is 2.22. The Morgan fingerprint density at radius 3 is 2.58 bits per heavy atom. The molecular weight excluding hydrogens is 262 g/mol. The predicted molar refractivity (Wildman–Crippen MR) is 78.6 cm³/mol. The minimum absolute atomic E-state index is 0.213. The Labute approximate surface area is 120 Å². The summed E-state index contributed by atoms with van der Waals surface area (Å²) in [5, 5.41) is 13.4. The first-order valence-corrected chi connectivity index (χ1v) is 6.85. The lowest BCUT2D eigenvalue weighted by Crippen LogP contribution is -2.41. The Hall–Kier alpha value is -1.06. The number of hydrogen-bond donors (Lipinski definition) is 2. The third-order valence-electron chi connectivity index (χ3n) is 2.78. The highest BCUT2D eigenvalue weighted by molar-refractivity contribution is 6.31. The lowest BCUT2D eigenvalue weighted by molar-refractivity contribution is 0.0368. The van der Waals surface area contributed by atoms with Crippen molar-refractivity contribution < 1.29 is 9.90 Å². The van der Waals surface area contributed by atoms with E-state index in [0.29, 0.717) is 22.9 Å². The third kappa shape index (κ3) is 5.62. The van der Waals surface area contributed by atoms with E-state index in [1.807, 2.05) is 20.8 Å². The van der Waals surface area contributed by atoms with Crippen molar-refractivity contribution in [2.24, 2.45) is 5.92 Å². The first kappa shape index (κ1) is 16.0. The van der Waals surface area contributed by atoms with Gasteiger partial charge in [-0.3, -0.25) is 4.79 Å². The maximum absolute atomic E-state index is 12.0. The van der Waals surface area contributed by atoms with Crippen molar-refractivity contribution in [3.63, 3.8) is 0 Å². The number of hydrogen-bond acceptors (Lipinski definition) is 2. The van der Waals surface area contributed by atoms with E-state index in [-0.39, 0.29) is 12.5 Å². The normalized spacial score (nSPS) is 14.3. The summed E-state index contributed by atoms with van der Waals surface area (Å²) < 4.78 is 0. The molecule has 106 valence electrons. The van der Waals surface area contributed by atoms with Crippen molar-refractivity contribution in [1.29, 1.82) is 0 Å². The quantitative estimate of drug-likeness (QED) is 0.872. The summed E-state index contributed by atoms with van der Waals surface area (Å²) in [7, 11) is 0. The molecule has 0 saturated heterocycles. The van der Waals surface area contributed by atoms with Gasteiger partial charge < -0.3 is 10.4 Å². The zero-order valence-corrected chi connectivity index (χ0v) is 12.7. The fraction of sp³-hybridized carbons (Fsp3) is 0.533. The van der Waals surface area contributed by atoms with E-state index >= 15 is 0 Å². The zero-order valence-electron chi connectivity index (χ0n) is 12.0. The molecule has 0 aliphatic heterocycles. The van der Waals surface area contributed by atoms with Gasteiger partial charge in [0, 0.05) is 17.1 Å². The molecule has 1 aromatic carbocycles. The zero-order chi connectivity index (χ0) is 14.6. The first-order chi connectivity index (χ1) is 8.69. The molecule has 0 aliphatic rings. The number of benzene rings is 1. The molecule has 2 N–H and O–H groups in total. The van der Waals surface area contributed by atoms with Gasteiger partial charge in [-0.15, -0.1) is 0 Å². The third-order valence-corrected chi connectivity index (χ3v) is 3.00.